The van der Waals surface area contributed by atoms with Crippen molar-refractivity contribution < 1.29 is 24.2 Å². The highest BCUT2D eigenvalue weighted by atomic mass is 32.1. The summed E-state index contributed by atoms with van der Waals surface area (Å²) in [5.74, 6) is -0.592. The molecule has 0 unspecified atom stereocenters. The van der Waals surface area contributed by atoms with Gasteiger partial charge in [0.2, 0.25) is 0 Å². The lowest BCUT2D eigenvalue weighted by Crippen LogP contribution is -2.29. The first-order valence-electron chi connectivity index (χ1n) is 11.5. The summed E-state index contributed by atoms with van der Waals surface area (Å²) in [6.45, 7) is 6.80. The topological polar surface area (TPSA) is 76.1 Å². The van der Waals surface area contributed by atoms with Crippen LogP contribution in [0.3, 0.4) is 0 Å². The number of benzene rings is 2. The number of carbonyl (C=O) groups is 2. The number of esters is 1. The summed E-state index contributed by atoms with van der Waals surface area (Å²) in [4.78, 5) is 27.2. The van der Waals surface area contributed by atoms with E-state index in [1.165, 1.54) is 23.1 Å². The van der Waals surface area contributed by atoms with Crippen LogP contribution in [-0.4, -0.2) is 35.6 Å². The van der Waals surface area contributed by atoms with Gasteiger partial charge in [0.05, 0.1) is 13.5 Å². The summed E-state index contributed by atoms with van der Waals surface area (Å²) in [6.07, 6.45) is 2.62. The highest BCUT2D eigenvalue weighted by Gasteiger charge is 2.22. The Morgan fingerprint density at radius 2 is 1.94 bits per heavy atom. The Balaban J connectivity index is 1.33. The van der Waals surface area contributed by atoms with E-state index >= 15 is 0 Å². The molecule has 0 bridgehead atoms. The lowest BCUT2D eigenvalue weighted by atomic mass is 9.96. The monoisotopic (exact) mass is 491 g/mol. The molecule has 1 aliphatic heterocycles. The lowest BCUT2D eigenvalue weighted by Gasteiger charge is -2.26. The second-order valence-electron chi connectivity index (χ2n) is 8.63. The quantitative estimate of drug-likeness (QED) is 0.302. The van der Waals surface area contributed by atoms with Crippen LogP contribution in [0.25, 0.3) is 0 Å². The van der Waals surface area contributed by atoms with Gasteiger partial charge in [-0.3, -0.25) is 9.69 Å². The molecule has 6 nitrogen and oxygen atoms in total. The fraction of sp³-hybridized carbons (Fsp3) is 0.286. The number of carboxylic acids is 1. The van der Waals surface area contributed by atoms with Gasteiger partial charge in [-0.2, -0.15) is 0 Å². The molecule has 0 saturated heterocycles. The molecular weight excluding hydrogens is 462 g/mol. The molecule has 4 rings (SSSR count). The van der Waals surface area contributed by atoms with Crippen molar-refractivity contribution in [3.8, 4) is 5.75 Å². The van der Waals surface area contributed by atoms with E-state index in [1.54, 1.807) is 17.4 Å². The molecule has 3 aromatic rings. The highest BCUT2D eigenvalue weighted by Crippen LogP contribution is 2.29. The van der Waals surface area contributed by atoms with Gasteiger partial charge >= 0.3 is 11.9 Å². The first kappa shape index (κ1) is 24.7. The predicted octanol–water partition coefficient (Wildman–Crippen LogP) is 5.42. The molecular formula is C28H29NO5S. The Kier molecular flexibility index (Phi) is 8.00. The standard InChI is InChI=1S/C28H29NO5S/c1-3-21(15-27(30)31)22-7-9-24(10-8-22)34-18-20-6-4-5-19(13-20)16-29-12-11-25-23(17-29)14-26(35-25)28(32)33-2/h3-10,13-14,21H,1,11-12,15-18H2,2H3,(H,30,31)/t21-/m0/s1. The number of allylic oxidation sites excluding steroid dienone is 1. The number of ether oxygens (including phenoxy) is 2. The Labute approximate surface area is 209 Å². The van der Waals surface area contributed by atoms with Crippen LogP contribution in [0, 0.1) is 0 Å². The third kappa shape index (κ3) is 6.38. The Morgan fingerprint density at radius 1 is 1.17 bits per heavy atom. The van der Waals surface area contributed by atoms with Gasteiger partial charge in [-0.25, -0.2) is 4.79 Å². The summed E-state index contributed by atoms with van der Waals surface area (Å²) in [6, 6.07) is 17.9. The van der Waals surface area contributed by atoms with Crippen LogP contribution in [0.15, 0.2) is 67.3 Å². The Morgan fingerprint density at radius 3 is 2.66 bits per heavy atom. The van der Waals surface area contributed by atoms with E-state index < -0.39 is 5.97 Å². The number of hydrogen-bond acceptors (Lipinski definition) is 6. The van der Waals surface area contributed by atoms with E-state index in [2.05, 4.69) is 23.6 Å². The van der Waals surface area contributed by atoms with Crippen molar-refractivity contribution in [2.75, 3.05) is 13.7 Å². The van der Waals surface area contributed by atoms with Crippen molar-refractivity contribution in [2.45, 2.75) is 38.5 Å². The average Bonchev–Trinajstić information content (AvgIpc) is 3.29. The fourth-order valence-corrected chi connectivity index (χ4v) is 5.39. The second-order valence-corrected chi connectivity index (χ2v) is 9.77. The zero-order valence-electron chi connectivity index (χ0n) is 19.7. The van der Waals surface area contributed by atoms with Crippen molar-refractivity contribution in [1.82, 2.24) is 4.90 Å². The number of thiophene rings is 1. The SMILES string of the molecule is C=C[C@@H](CC(=O)O)c1ccc(OCc2cccc(CN3CCc4sc(C(=O)OC)cc4C3)c2)cc1. The van der Waals surface area contributed by atoms with E-state index in [4.69, 9.17) is 14.6 Å². The van der Waals surface area contributed by atoms with Crippen LogP contribution in [0.4, 0.5) is 0 Å². The number of nitrogens with zero attached hydrogens (tertiary/aromatic N) is 1. The molecule has 0 fully saturated rings. The minimum atomic E-state index is -0.846. The zero-order chi connectivity index (χ0) is 24.8. The Bertz CT molecular complexity index is 1200. The van der Waals surface area contributed by atoms with E-state index in [0.29, 0.717) is 11.5 Å². The molecule has 35 heavy (non-hydrogen) atoms. The maximum atomic E-state index is 11.8. The largest absolute Gasteiger partial charge is 0.489 e. The molecule has 2 aromatic carbocycles. The molecule has 1 aromatic heterocycles. The van der Waals surface area contributed by atoms with Crippen LogP contribution in [0.5, 0.6) is 5.75 Å². The van der Waals surface area contributed by atoms with Crippen LogP contribution < -0.4 is 4.74 Å². The van der Waals surface area contributed by atoms with Crippen LogP contribution in [0.2, 0.25) is 0 Å². The third-order valence-electron chi connectivity index (χ3n) is 6.12. The first-order valence-corrected chi connectivity index (χ1v) is 12.3. The van der Waals surface area contributed by atoms with Gasteiger partial charge in [-0.15, -0.1) is 17.9 Å². The number of aliphatic carboxylic acids is 1. The average molecular weight is 492 g/mol. The molecule has 7 heteroatoms. The molecule has 182 valence electrons. The van der Waals surface area contributed by atoms with Crippen LogP contribution >= 0.6 is 11.3 Å². The maximum absolute atomic E-state index is 11.8. The number of carboxylic acid groups (broad SMARTS) is 1. The second kappa shape index (κ2) is 11.3. The molecule has 0 aliphatic carbocycles. The minimum absolute atomic E-state index is 0.0215. The van der Waals surface area contributed by atoms with Crippen molar-refractivity contribution >= 4 is 23.3 Å². The van der Waals surface area contributed by atoms with Crippen molar-refractivity contribution in [1.29, 1.82) is 0 Å². The summed E-state index contributed by atoms with van der Waals surface area (Å²) in [7, 11) is 1.42. The minimum Gasteiger partial charge on any atom is -0.489 e. The summed E-state index contributed by atoms with van der Waals surface area (Å²) in [5.41, 5.74) is 4.43. The molecule has 1 aliphatic rings. The zero-order valence-corrected chi connectivity index (χ0v) is 20.6. The van der Waals surface area contributed by atoms with Gasteiger partial charge in [0.1, 0.15) is 17.2 Å². The third-order valence-corrected chi connectivity index (χ3v) is 7.34. The normalized spacial score (nSPS) is 14.1. The summed E-state index contributed by atoms with van der Waals surface area (Å²) >= 11 is 1.54. The van der Waals surface area contributed by atoms with E-state index in [9.17, 15) is 9.59 Å². The number of methoxy groups -OCH3 is 1. The summed E-state index contributed by atoms with van der Waals surface area (Å²) < 4.78 is 10.8. The number of carbonyl (C=O) groups excluding carboxylic acids is 1. The predicted molar refractivity (Wildman–Crippen MR) is 136 cm³/mol. The highest BCUT2D eigenvalue weighted by molar-refractivity contribution is 7.14. The van der Waals surface area contributed by atoms with Crippen LogP contribution in [0.1, 0.15) is 49.1 Å². The maximum Gasteiger partial charge on any atom is 0.348 e. The Hall–Kier alpha value is -3.42. The fourth-order valence-electron chi connectivity index (χ4n) is 4.31. The number of hydrogen-bond donors (Lipinski definition) is 1. The van der Waals surface area contributed by atoms with Crippen molar-refractivity contribution in [3.63, 3.8) is 0 Å². The van der Waals surface area contributed by atoms with Gasteiger partial charge in [0.25, 0.3) is 0 Å². The van der Waals surface area contributed by atoms with Crippen LogP contribution in [-0.2, 0) is 35.6 Å². The smallest absolute Gasteiger partial charge is 0.348 e. The van der Waals surface area contributed by atoms with Crippen molar-refractivity contribution in [3.05, 3.63) is 99.3 Å². The molecule has 0 spiro atoms. The van der Waals surface area contributed by atoms with Gasteiger partial charge < -0.3 is 14.6 Å². The number of rotatable bonds is 10. The molecule has 0 amide bonds. The molecule has 1 N–H and O–H groups in total. The molecule has 0 saturated carbocycles. The summed E-state index contributed by atoms with van der Waals surface area (Å²) in [5, 5.41) is 9.05. The van der Waals surface area contributed by atoms with Gasteiger partial charge in [0.15, 0.2) is 0 Å². The van der Waals surface area contributed by atoms with Gasteiger partial charge in [-0.1, -0.05) is 42.5 Å². The number of fused-ring (bicyclic) bond motifs is 1. The molecule has 0 radical (unpaired) electrons. The van der Waals surface area contributed by atoms with E-state index in [-0.39, 0.29) is 18.3 Å². The van der Waals surface area contributed by atoms with Gasteiger partial charge in [-0.05, 0) is 46.9 Å². The lowest BCUT2D eigenvalue weighted by molar-refractivity contribution is -0.137. The van der Waals surface area contributed by atoms with Gasteiger partial charge in [0, 0.05) is 30.4 Å². The van der Waals surface area contributed by atoms with E-state index in [1.807, 2.05) is 42.5 Å². The molecule has 2 heterocycles. The molecule has 1 atom stereocenters. The van der Waals surface area contributed by atoms with E-state index in [0.717, 1.165) is 42.9 Å². The van der Waals surface area contributed by atoms with Crippen molar-refractivity contribution in [2.24, 2.45) is 0 Å². The first-order chi connectivity index (χ1) is 16.9.